The van der Waals surface area contributed by atoms with Gasteiger partial charge in [0.1, 0.15) is 32.0 Å². The highest BCUT2D eigenvalue weighted by molar-refractivity contribution is 5.82. The molecule has 0 fully saturated rings. The number of allylic oxidation sites excluding steroid dienone is 1. The summed E-state index contributed by atoms with van der Waals surface area (Å²) < 4.78 is 23.4. The molecule has 4 aromatic rings. The topological polar surface area (TPSA) is 103 Å². The molecule has 0 saturated heterocycles. The SMILES string of the molecule is O=C(N[C@H](C(=O)OC1CC=CCC1)C(O)c1ccc(OCc2ccccc2)c(OCc2ccccc2)c1)OCc1ccccc1. The minimum atomic E-state index is -1.47. The van der Waals surface area contributed by atoms with E-state index in [2.05, 4.69) is 5.32 Å². The standard InChI is InChI=1S/C37H37NO7/c39-35(34(36(40)45-31-19-11-4-12-20-31)38-37(41)44-26-29-17-9-3-10-18-29)30-21-22-32(42-24-27-13-5-1-6-14-27)33(23-30)43-25-28-15-7-2-8-16-28/h1-11,13-18,21-23,31,34-35,39H,12,19-20,24-26H2,(H,38,41)/t31?,34-,35?/m0/s1. The summed E-state index contributed by atoms with van der Waals surface area (Å²) in [5.74, 6) is 0.0900. The molecule has 1 aliphatic carbocycles. The van der Waals surface area contributed by atoms with Crippen LogP contribution in [0.2, 0.25) is 0 Å². The van der Waals surface area contributed by atoms with Crippen LogP contribution >= 0.6 is 0 Å². The minimum absolute atomic E-state index is 0.00286. The molecule has 0 heterocycles. The van der Waals surface area contributed by atoms with Crippen molar-refractivity contribution in [2.45, 2.75) is 57.3 Å². The van der Waals surface area contributed by atoms with Crippen LogP contribution in [-0.4, -0.2) is 29.3 Å². The van der Waals surface area contributed by atoms with Crippen molar-refractivity contribution in [2.75, 3.05) is 0 Å². The zero-order valence-corrected chi connectivity index (χ0v) is 24.9. The van der Waals surface area contributed by atoms with Gasteiger partial charge < -0.3 is 29.4 Å². The van der Waals surface area contributed by atoms with Crippen molar-refractivity contribution >= 4 is 12.1 Å². The van der Waals surface area contributed by atoms with Crippen LogP contribution in [0.3, 0.4) is 0 Å². The smallest absolute Gasteiger partial charge is 0.408 e. The number of ether oxygens (including phenoxy) is 4. The van der Waals surface area contributed by atoms with E-state index in [0.29, 0.717) is 36.5 Å². The average Bonchev–Trinajstić information content (AvgIpc) is 3.09. The molecule has 0 aliphatic heterocycles. The van der Waals surface area contributed by atoms with Gasteiger partial charge in [0, 0.05) is 6.42 Å². The quantitative estimate of drug-likeness (QED) is 0.127. The van der Waals surface area contributed by atoms with Gasteiger partial charge in [0.05, 0.1) is 0 Å². The van der Waals surface area contributed by atoms with Gasteiger partial charge in [0.15, 0.2) is 17.5 Å². The molecule has 0 aromatic heterocycles. The highest BCUT2D eigenvalue weighted by atomic mass is 16.6. The third-order valence-corrected chi connectivity index (χ3v) is 7.34. The summed E-state index contributed by atoms with van der Waals surface area (Å²) in [4.78, 5) is 26.3. The number of alkyl carbamates (subject to hydrolysis) is 1. The molecule has 0 spiro atoms. The number of hydrogen-bond acceptors (Lipinski definition) is 7. The molecule has 8 heteroatoms. The van der Waals surface area contributed by atoms with Crippen molar-refractivity contribution in [3.8, 4) is 11.5 Å². The number of benzene rings is 4. The molecule has 45 heavy (non-hydrogen) atoms. The highest BCUT2D eigenvalue weighted by Gasteiger charge is 2.34. The highest BCUT2D eigenvalue weighted by Crippen LogP contribution is 2.33. The Bertz CT molecular complexity index is 1540. The van der Waals surface area contributed by atoms with Crippen LogP contribution in [0, 0.1) is 0 Å². The summed E-state index contributed by atoms with van der Waals surface area (Å²) in [6.45, 7) is 0.569. The number of esters is 1. The van der Waals surface area contributed by atoms with Crippen molar-refractivity contribution < 1.29 is 33.6 Å². The van der Waals surface area contributed by atoms with Crippen molar-refractivity contribution in [1.82, 2.24) is 5.32 Å². The molecular formula is C37H37NO7. The molecule has 0 bridgehead atoms. The summed E-state index contributed by atoms with van der Waals surface area (Å²) in [7, 11) is 0. The normalized spacial score (nSPS) is 15.4. The van der Waals surface area contributed by atoms with Crippen LogP contribution in [0.1, 0.15) is 47.6 Å². The molecule has 3 atom stereocenters. The van der Waals surface area contributed by atoms with Crippen LogP contribution in [0.25, 0.3) is 0 Å². The van der Waals surface area contributed by atoms with E-state index in [1.54, 1.807) is 18.2 Å². The van der Waals surface area contributed by atoms with Crippen LogP contribution < -0.4 is 14.8 Å². The molecular weight excluding hydrogens is 570 g/mol. The Morgan fingerprint density at radius 1 is 0.733 bits per heavy atom. The number of carbonyl (C=O) groups is 2. The Labute approximate surface area is 263 Å². The van der Waals surface area contributed by atoms with Crippen molar-refractivity contribution in [3.63, 3.8) is 0 Å². The van der Waals surface area contributed by atoms with Crippen molar-refractivity contribution in [1.29, 1.82) is 0 Å². The Hall–Kier alpha value is -5.08. The van der Waals surface area contributed by atoms with Crippen LogP contribution in [0.5, 0.6) is 11.5 Å². The van der Waals surface area contributed by atoms with Crippen LogP contribution in [0.15, 0.2) is 121 Å². The molecule has 232 valence electrons. The molecule has 2 unspecified atom stereocenters. The van der Waals surface area contributed by atoms with Gasteiger partial charge in [-0.15, -0.1) is 0 Å². The van der Waals surface area contributed by atoms with Gasteiger partial charge in [-0.3, -0.25) is 0 Å². The Balaban J connectivity index is 1.36. The third-order valence-electron chi connectivity index (χ3n) is 7.34. The Kier molecular flexibility index (Phi) is 11.2. The van der Waals surface area contributed by atoms with E-state index in [9.17, 15) is 14.7 Å². The third kappa shape index (κ3) is 9.45. The van der Waals surface area contributed by atoms with Crippen LogP contribution in [-0.2, 0) is 34.1 Å². The first-order valence-corrected chi connectivity index (χ1v) is 15.0. The number of rotatable bonds is 13. The second kappa shape index (κ2) is 16.1. The number of nitrogens with one attached hydrogen (secondary N) is 1. The maximum Gasteiger partial charge on any atom is 0.408 e. The van der Waals surface area contributed by atoms with E-state index in [-0.39, 0.29) is 19.3 Å². The van der Waals surface area contributed by atoms with Gasteiger partial charge >= 0.3 is 12.1 Å². The summed E-state index contributed by atoms with van der Waals surface area (Å²) in [6, 6.07) is 32.1. The fourth-order valence-corrected chi connectivity index (χ4v) is 4.87. The summed E-state index contributed by atoms with van der Waals surface area (Å²) in [6.07, 6.45) is 3.33. The summed E-state index contributed by atoms with van der Waals surface area (Å²) >= 11 is 0. The molecule has 0 saturated carbocycles. The second-order valence-electron chi connectivity index (χ2n) is 10.7. The number of amides is 1. The molecule has 8 nitrogen and oxygen atoms in total. The molecule has 2 N–H and O–H groups in total. The first-order chi connectivity index (χ1) is 22.0. The van der Waals surface area contributed by atoms with E-state index in [1.807, 2.05) is 103 Å². The maximum atomic E-state index is 13.4. The lowest BCUT2D eigenvalue weighted by Crippen LogP contribution is -2.47. The fourth-order valence-electron chi connectivity index (χ4n) is 4.87. The number of aliphatic hydroxyl groups excluding tert-OH is 1. The largest absolute Gasteiger partial charge is 0.485 e. The van der Waals surface area contributed by atoms with Gasteiger partial charge in [0.2, 0.25) is 0 Å². The van der Waals surface area contributed by atoms with Gasteiger partial charge in [-0.05, 0) is 47.2 Å². The van der Waals surface area contributed by atoms with E-state index >= 15 is 0 Å². The zero-order valence-electron chi connectivity index (χ0n) is 24.9. The first kappa shape index (κ1) is 31.3. The second-order valence-corrected chi connectivity index (χ2v) is 10.7. The number of carbonyl (C=O) groups excluding carboxylic acids is 2. The molecule has 1 aliphatic rings. The number of hydrogen-bond donors (Lipinski definition) is 2. The van der Waals surface area contributed by atoms with E-state index in [1.165, 1.54) is 0 Å². The molecule has 5 rings (SSSR count). The summed E-state index contributed by atoms with van der Waals surface area (Å²) in [5.41, 5.74) is 3.05. The number of aliphatic hydroxyl groups is 1. The monoisotopic (exact) mass is 607 g/mol. The lowest BCUT2D eigenvalue weighted by Gasteiger charge is -2.26. The van der Waals surface area contributed by atoms with Gasteiger partial charge in [-0.25, -0.2) is 9.59 Å². The van der Waals surface area contributed by atoms with Crippen LogP contribution in [0.4, 0.5) is 4.79 Å². The van der Waals surface area contributed by atoms with Gasteiger partial charge in [-0.2, -0.15) is 0 Å². The molecule has 0 radical (unpaired) electrons. The van der Waals surface area contributed by atoms with Gasteiger partial charge in [-0.1, -0.05) is 109 Å². The lowest BCUT2D eigenvalue weighted by molar-refractivity contribution is -0.155. The lowest BCUT2D eigenvalue weighted by atomic mass is 10.0. The minimum Gasteiger partial charge on any atom is -0.485 e. The Morgan fingerprint density at radius 2 is 1.31 bits per heavy atom. The van der Waals surface area contributed by atoms with Gasteiger partial charge in [0.25, 0.3) is 0 Å². The van der Waals surface area contributed by atoms with Crippen molar-refractivity contribution in [2.24, 2.45) is 0 Å². The predicted molar refractivity (Wildman–Crippen MR) is 169 cm³/mol. The Morgan fingerprint density at radius 3 is 1.89 bits per heavy atom. The van der Waals surface area contributed by atoms with E-state index in [0.717, 1.165) is 23.1 Å². The maximum absolute atomic E-state index is 13.4. The summed E-state index contributed by atoms with van der Waals surface area (Å²) in [5, 5.41) is 14.1. The molecule has 1 amide bonds. The van der Waals surface area contributed by atoms with E-state index < -0.39 is 24.2 Å². The van der Waals surface area contributed by atoms with Crippen molar-refractivity contribution in [3.05, 3.63) is 144 Å². The predicted octanol–water partition coefficient (Wildman–Crippen LogP) is 6.82. The average molecular weight is 608 g/mol. The first-order valence-electron chi connectivity index (χ1n) is 15.0. The fraction of sp³-hybridized carbons (Fsp3) is 0.243. The van der Waals surface area contributed by atoms with E-state index in [4.69, 9.17) is 18.9 Å². The zero-order chi connectivity index (χ0) is 31.3. The molecule has 4 aromatic carbocycles.